The van der Waals surface area contributed by atoms with Crippen LogP contribution in [0.3, 0.4) is 0 Å². The molecule has 1 rings (SSSR count). The van der Waals surface area contributed by atoms with Crippen LogP contribution in [0.2, 0.25) is 0 Å². The Hall–Kier alpha value is -0.995. The molecule has 0 bridgehead atoms. The summed E-state index contributed by atoms with van der Waals surface area (Å²) in [6.45, 7) is 0. The van der Waals surface area contributed by atoms with Gasteiger partial charge in [0, 0.05) is 6.20 Å². The molecule has 0 saturated carbocycles. The van der Waals surface area contributed by atoms with E-state index in [-0.39, 0.29) is 5.47 Å². The van der Waals surface area contributed by atoms with Crippen LogP contribution < -0.4 is 5.32 Å². The molecule has 0 aliphatic carbocycles. The maximum atomic E-state index is 12.1. The van der Waals surface area contributed by atoms with Gasteiger partial charge in [-0.15, -0.1) is 0 Å². The molecule has 64 valence electrons. The number of allylic oxidation sites excluding steroid dienone is 1. The number of nitrogens with one attached hydrogen (secondary N) is 1. The second kappa shape index (κ2) is 3.60. The summed E-state index contributed by atoms with van der Waals surface area (Å²) in [6, 6.07) is -1.01. The molecule has 12 heavy (non-hydrogen) atoms. The predicted octanol–water partition coefficient (Wildman–Crippen LogP) is 0.763. The molecular formula is C7H8BF2NO. The van der Waals surface area contributed by atoms with Crippen LogP contribution in [-0.4, -0.2) is 27.4 Å². The Bertz CT molecular complexity index is 227. The summed E-state index contributed by atoms with van der Waals surface area (Å²) >= 11 is 0. The van der Waals surface area contributed by atoms with E-state index in [1.165, 1.54) is 19.4 Å². The zero-order valence-corrected chi connectivity index (χ0v) is 6.55. The number of hydrogen-bond acceptors (Lipinski definition) is 2. The normalized spacial score (nSPS) is 22.8. The first-order valence-electron chi connectivity index (χ1n) is 3.41. The summed E-state index contributed by atoms with van der Waals surface area (Å²) in [5.74, 6) is 0.381. The minimum absolute atomic E-state index is 0.238. The molecule has 0 aromatic heterocycles. The third-order valence-corrected chi connectivity index (χ3v) is 1.54. The summed E-state index contributed by atoms with van der Waals surface area (Å²) in [5.41, 5.74) is 0.238. The quantitative estimate of drug-likeness (QED) is 0.619. The van der Waals surface area contributed by atoms with Crippen molar-refractivity contribution in [1.29, 1.82) is 0 Å². The summed E-state index contributed by atoms with van der Waals surface area (Å²) in [4.78, 5) is 0. The lowest BCUT2D eigenvalue weighted by atomic mass is 9.90. The van der Waals surface area contributed by atoms with Gasteiger partial charge in [-0.25, -0.2) is 8.78 Å². The van der Waals surface area contributed by atoms with Gasteiger partial charge in [-0.3, -0.25) is 0 Å². The fourth-order valence-corrected chi connectivity index (χ4v) is 0.901. The van der Waals surface area contributed by atoms with E-state index in [0.29, 0.717) is 5.76 Å². The molecule has 0 spiro atoms. The zero-order chi connectivity index (χ0) is 9.14. The van der Waals surface area contributed by atoms with E-state index in [4.69, 9.17) is 12.6 Å². The SMILES string of the molecule is [B]C1=CC(C(F)F)NC=C1OC. The molecule has 1 aliphatic heterocycles. The molecule has 1 atom stereocenters. The van der Waals surface area contributed by atoms with Crippen molar-refractivity contribution in [3.8, 4) is 0 Å². The van der Waals surface area contributed by atoms with Gasteiger partial charge in [0.2, 0.25) is 0 Å². The third kappa shape index (κ3) is 1.78. The topological polar surface area (TPSA) is 21.3 Å². The minimum atomic E-state index is -2.46. The number of halogens is 2. The van der Waals surface area contributed by atoms with Gasteiger partial charge in [0.15, 0.2) is 0 Å². The van der Waals surface area contributed by atoms with E-state index < -0.39 is 12.5 Å². The maximum absolute atomic E-state index is 12.1. The van der Waals surface area contributed by atoms with Crippen LogP contribution in [0.15, 0.2) is 23.5 Å². The van der Waals surface area contributed by atoms with Crippen LogP contribution in [0.4, 0.5) is 8.78 Å². The molecule has 0 aromatic carbocycles. The first kappa shape index (κ1) is 9.10. The van der Waals surface area contributed by atoms with Gasteiger partial charge in [0.1, 0.15) is 19.6 Å². The third-order valence-electron chi connectivity index (χ3n) is 1.54. The average Bonchev–Trinajstić information content (AvgIpc) is 2.04. The maximum Gasteiger partial charge on any atom is 0.261 e. The van der Waals surface area contributed by atoms with Gasteiger partial charge >= 0.3 is 0 Å². The number of methoxy groups -OCH3 is 1. The van der Waals surface area contributed by atoms with Crippen LogP contribution in [0, 0.1) is 0 Å². The molecule has 0 amide bonds. The molecule has 2 nitrogen and oxygen atoms in total. The van der Waals surface area contributed by atoms with Crippen molar-refractivity contribution in [3.05, 3.63) is 23.5 Å². The lowest BCUT2D eigenvalue weighted by Crippen LogP contribution is -2.33. The molecule has 0 aromatic rings. The first-order chi connectivity index (χ1) is 5.65. The standard InChI is InChI=1S/C7H8BF2NO/c1-12-6-3-11-5(7(9)10)2-4(6)8/h2-3,5,7,11H,1H3. The Morgan fingerprint density at radius 3 is 2.75 bits per heavy atom. The van der Waals surface area contributed by atoms with Gasteiger partial charge in [0.05, 0.1) is 7.11 Å². The number of ether oxygens (including phenoxy) is 1. The van der Waals surface area contributed by atoms with Crippen molar-refractivity contribution < 1.29 is 13.5 Å². The first-order valence-corrected chi connectivity index (χ1v) is 3.41. The average molecular weight is 171 g/mol. The van der Waals surface area contributed by atoms with Crippen molar-refractivity contribution in [2.45, 2.75) is 12.5 Å². The Labute approximate surface area is 70.7 Å². The van der Waals surface area contributed by atoms with Crippen LogP contribution in [0.1, 0.15) is 0 Å². The van der Waals surface area contributed by atoms with Crippen LogP contribution >= 0.6 is 0 Å². The van der Waals surface area contributed by atoms with Crippen molar-refractivity contribution >= 4 is 7.85 Å². The van der Waals surface area contributed by atoms with Crippen LogP contribution in [0.5, 0.6) is 0 Å². The Morgan fingerprint density at radius 1 is 1.67 bits per heavy atom. The van der Waals surface area contributed by atoms with Crippen molar-refractivity contribution in [1.82, 2.24) is 5.32 Å². The van der Waals surface area contributed by atoms with E-state index >= 15 is 0 Å². The number of dihydropyridines is 1. The number of alkyl halides is 2. The summed E-state index contributed by atoms with van der Waals surface area (Å²) in [7, 11) is 6.84. The lowest BCUT2D eigenvalue weighted by Gasteiger charge is -2.20. The fourth-order valence-electron chi connectivity index (χ4n) is 0.901. The lowest BCUT2D eigenvalue weighted by molar-refractivity contribution is 0.121. The van der Waals surface area contributed by atoms with Gasteiger partial charge in [-0.05, 0) is 0 Å². The van der Waals surface area contributed by atoms with Crippen LogP contribution in [0.25, 0.3) is 0 Å². The van der Waals surface area contributed by atoms with E-state index in [9.17, 15) is 8.78 Å². The van der Waals surface area contributed by atoms with E-state index in [2.05, 4.69) is 5.32 Å². The molecule has 1 aliphatic rings. The monoisotopic (exact) mass is 171 g/mol. The highest BCUT2D eigenvalue weighted by atomic mass is 19.3. The van der Waals surface area contributed by atoms with Crippen molar-refractivity contribution in [2.24, 2.45) is 0 Å². The second-order valence-corrected chi connectivity index (χ2v) is 2.36. The smallest absolute Gasteiger partial charge is 0.261 e. The Balaban J connectivity index is 2.69. The van der Waals surface area contributed by atoms with Gasteiger partial charge in [0.25, 0.3) is 6.43 Å². The highest BCUT2D eigenvalue weighted by Gasteiger charge is 2.20. The zero-order valence-electron chi connectivity index (χ0n) is 6.55. The van der Waals surface area contributed by atoms with E-state index in [0.717, 1.165) is 0 Å². The number of hydrogen-bond donors (Lipinski definition) is 1. The number of rotatable bonds is 2. The molecule has 0 fully saturated rings. The van der Waals surface area contributed by atoms with Crippen molar-refractivity contribution in [2.75, 3.05) is 7.11 Å². The summed E-state index contributed by atoms with van der Waals surface area (Å²) in [6.07, 6.45) is 0.119. The van der Waals surface area contributed by atoms with Gasteiger partial charge in [-0.1, -0.05) is 11.5 Å². The van der Waals surface area contributed by atoms with Crippen molar-refractivity contribution in [3.63, 3.8) is 0 Å². The van der Waals surface area contributed by atoms with Gasteiger partial charge in [-0.2, -0.15) is 0 Å². The molecule has 5 heteroatoms. The van der Waals surface area contributed by atoms with E-state index in [1.54, 1.807) is 0 Å². The molecule has 1 N–H and O–H groups in total. The highest BCUT2D eigenvalue weighted by Crippen LogP contribution is 2.15. The summed E-state index contributed by atoms with van der Waals surface area (Å²) in [5, 5.41) is 2.46. The molecule has 0 saturated heterocycles. The Morgan fingerprint density at radius 2 is 2.33 bits per heavy atom. The predicted molar refractivity (Wildman–Crippen MR) is 41.9 cm³/mol. The molecule has 1 heterocycles. The Kier molecular flexibility index (Phi) is 2.73. The molecule has 2 radical (unpaired) electrons. The van der Waals surface area contributed by atoms with Gasteiger partial charge < -0.3 is 10.1 Å². The molecule has 1 unspecified atom stereocenters. The van der Waals surface area contributed by atoms with E-state index in [1.807, 2.05) is 0 Å². The molecular weight excluding hydrogens is 163 g/mol. The second-order valence-electron chi connectivity index (χ2n) is 2.36. The largest absolute Gasteiger partial charge is 0.496 e. The highest BCUT2D eigenvalue weighted by molar-refractivity contribution is 6.24. The minimum Gasteiger partial charge on any atom is -0.496 e. The van der Waals surface area contributed by atoms with Crippen LogP contribution in [-0.2, 0) is 4.74 Å². The fraction of sp³-hybridized carbons (Fsp3) is 0.429. The summed E-state index contributed by atoms with van der Waals surface area (Å²) < 4.78 is 29.0.